The quantitative estimate of drug-likeness (QED) is 0.778. The third kappa shape index (κ3) is 3.94. The smallest absolute Gasteiger partial charge is 0.185 e. The number of aliphatic hydroxyl groups is 1. The van der Waals surface area contributed by atoms with Crippen molar-refractivity contribution in [2.45, 2.75) is 39.9 Å². The van der Waals surface area contributed by atoms with Crippen molar-refractivity contribution in [3.8, 4) is 0 Å². The Bertz CT molecular complexity index is 328. The first-order valence-corrected chi connectivity index (χ1v) is 6.91. The van der Waals surface area contributed by atoms with Crippen LogP contribution in [-0.2, 0) is 18.0 Å². The Morgan fingerprint density at radius 1 is 1.41 bits per heavy atom. The van der Waals surface area contributed by atoms with Crippen LogP contribution in [0.1, 0.15) is 37.3 Å². The molecule has 0 aliphatic carbocycles. The molecule has 0 aromatic carbocycles. The third-order valence-electron chi connectivity index (χ3n) is 2.63. The molecule has 98 valence electrons. The zero-order valence-electron chi connectivity index (χ0n) is 10.9. The number of thiazole rings is 1. The molecule has 0 radical (unpaired) electrons. The summed E-state index contributed by atoms with van der Waals surface area (Å²) in [5.41, 5.74) is 0.866. The lowest BCUT2D eigenvalue weighted by molar-refractivity contribution is 0.179. The van der Waals surface area contributed by atoms with Gasteiger partial charge in [0.05, 0.1) is 23.8 Å². The maximum Gasteiger partial charge on any atom is 0.185 e. The van der Waals surface area contributed by atoms with Crippen molar-refractivity contribution in [2.75, 3.05) is 25.1 Å². The van der Waals surface area contributed by atoms with Gasteiger partial charge in [0.1, 0.15) is 0 Å². The third-order valence-corrected chi connectivity index (χ3v) is 3.77. The summed E-state index contributed by atoms with van der Waals surface area (Å²) in [6.07, 6.45) is 2.35. The molecule has 1 rings (SSSR count). The van der Waals surface area contributed by atoms with Gasteiger partial charge >= 0.3 is 0 Å². The van der Waals surface area contributed by atoms with Gasteiger partial charge in [-0.05, 0) is 13.3 Å². The first-order valence-electron chi connectivity index (χ1n) is 6.10. The SMILES string of the molecule is CCCCN(CC)c1nc(COC)c(CO)s1. The van der Waals surface area contributed by atoms with Crippen LogP contribution in [0.4, 0.5) is 5.13 Å². The number of hydrogen-bond acceptors (Lipinski definition) is 5. The number of hydrogen-bond donors (Lipinski definition) is 1. The van der Waals surface area contributed by atoms with Crippen molar-refractivity contribution >= 4 is 16.5 Å². The van der Waals surface area contributed by atoms with E-state index in [2.05, 4.69) is 23.7 Å². The Hall–Kier alpha value is -0.650. The van der Waals surface area contributed by atoms with Crippen molar-refractivity contribution in [3.63, 3.8) is 0 Å². The fraction of sp³-hybridized carbons (Fsp3) is 0.750. The Morgan fingerprint density at radius 2 is 2.18 bits per heavy atom. The molecule has 4 nitrogen and oxygen atoms in total. The van der Waals surface area contributed by atoms with Gasteiger partial charge in [-0.1, -0.05) is 24.7 Å². The molecular weight excluding hydrogens is 236 g/mol. The van der Waals surface area contributed by atoms with Gasteiger partial charge in [-0.15, -0.1) is 0 Å². The number of methoxy groups -OCH3 is 1. The summed E-state index contributed by atoms with van der Waals surface area (Å²) >= 11 is 1.57. The average Bonchev–Trinajstić information content (AvgIpc) is 2.74. The van der Waals surface area contributed by atoms with E-state index in [0.717, 1.165) is 28.8 Å². The van der Waals surface area contributed by atoms with Gasteiger partial charge in [0, 0.05) is 20.2 Å². The number of aromatic nitrogens is 1. The minimum absolute atomic E-state index is 0.0433. The van der Waals surface area contributed by atoms with Gasteiger partial charge in [-0.2, -0.15) is 0 Å². The molecule has 0 fully saturated rings. The molecule has 0 unspecified atom stereocenters. The van der Waals surface area contributed by atoms with E-state index in [1.54, 1.807) is 18.4 Å². The highest BCUT2D eigenvalue weighted by Crippen LogP contribution is 2.27. The molecule has 0 aliphatic rings. The van der Waals surface area contributed by atoms with E-state index in [0.29, 0.717) is 6.61 Å². The fourth-order valence-electron chi connectivity index (χ4n) is 1.62. The van der Waals surface area contributed by atoms with Gasteiger partial charge < -0.3 is 14.7 Å². The molecule has 1 heterocycles. The number of anilines is 1. The summed E-state index contributed by atoms with van der Waals surface area (Å²) < 4.78 is 5.09. The van der Waals surface area contributed by atoms with Gasteiger partial charge in [-0.25, -0.2) is 4.98 Å². The number of unbranched alkanes of at least 4 members (excludes halogenated alkanes) is 1. The first-order chi connectivity index (χ1) is 8.26. The van der Waals surface area contributed by atoms with E-state index in [1.807, 2.05) is 0 Å². The van der Waals surface area contributed by atoms with Crippen LogP contribution in [0.5, 0.6) is 0 Å². The van der Waals surface area contributed by atoms with Crippen molar-refractivity contribution in [1.29, 1.82) is 0 Å². The highest BCUT2D eigenvalue weighted by molar-refractivity contribution is 7.15. The molecule has 5 heteroatoms. The summed E-state index contributed by atoms with van der Waals surface area (Å²) in [5, 5.41) is 10.3. The second kappa shape index (κ2) is 7.63. The second-order valence-electron chi connectivity index (χ2n) is 3.89. The molecule has 0 atom stereocenters. The van der Waals surface area contributed by atoms with Crippen LogP contribution >= 0.6 is 11.3 Å². The molecule has 0 aliphatic heterocycles. The minimum atomic E-state index is 0.0433. The van der Waals surface area contributed by atoms with Crippen molar-refractivity contribution in [3.05, 3.63) is 10.6 Å². The molecule has 0 bridgehead atoms. The lowest BCUT2D eigenvalue weighted by Gasteiger charge is -2.19. The van der Waals surface area contributed by atoms with E-state index in [1.165, 1.54) is 12.8 Å². The van der Waals surface area contributed by atoms with Gasteiger partial charge in [0.15, 0.2) is 5.13 Å². The standard InChI is InChI=1S/C12H22N2O2S/c1-4-6-7-14(5-2)12-13-10(9-16-3)11(8-15)17-12/h15H,4-9H2,1-3H3. The number of ether oxygens (including phenoxy) is 1. The zero-order valence-corrected chi connectivity index (χ0v) is 11.7. The second-order valence-corrected chi connectivity index (χ2v) is 4.95. The molecule has 17 heavy (non-hydrogen) atoms. The Balaban J connectivity index is 2.80. The van der Waals surface area contributed by atoms with Crippen LogP contribution in [0.2, 0.25) is 0 Å². The number of aliphatic hydroxyl groups excluding tert-OH is 1. The van der Waals surface area contributed by atoms with Gasteiger partial charge in [0.2, 0.25) is 0 Å². The minimum Gasteiger partial charge on any atom is -0.391 e. The van der Waals surface area contributed by atoms with E-state index in [4.69, 9.17) is 4.74 Å². The zero-order chi connectivity index (χ0) is 12.7. The fourth-order valence-corrected chi connectivity index (χ4v) is 2.63. The molecule has 0 amide bonds. The van der Waals surface area contributed by atoms with E-state index in [-0.39, 0.29) is 6.61 Å². The lowest BCUT2D eigenvalue weighted by Crippen LogP contribution is -2.23. The van der Waals surface area contributed by atoms with E-state index >= 15 is 0 Å². The molecule has 0 saturated carbocycles. The van der Waals surface area contributed by atoms with E-state index < -0.39 is 0 Å². The first kappa shape index (κ1) is 14.4. The number of rotatable bonds is 8. The Labute approximate surface area is 107 Å². The maximum atomic E-state index is 9.29. The average molecular weight is 258 g/mol. The summed E-state index contributed by atoms with van der Waals surface area (Å²) in [6, 6.07) is 0. The highest BCUT2D eigenvalue weighted by Gasteiger charge is 2.14. The van der Waals surface area contributed by atoms with E-state index in [9.17, 15) is 5.11 Å². The predicted molar refractivity (Wildman–Crippen MR) is 71.5 cm³/mol. The van der Waals surface area contributed by atoms with Crippen LogP contribution in [0.3, 0.4) is 0 Å². The number of nitrogens with zero attached hydrogens (tertiary/aromatic N) is 2. The van der Waals surface area contributed by atoms with Gasteiger partial charge in [-0.3, -0.25) is 0 Å². The Morgan fingerprint density at radius 3 is 2.71 bits per heavy atom. The Kier molecular flexibility index (Phi) is 6.47. The highest BCUT2D eigenvalue weighted by atomic mass is 32.1. The largest absolute Gasteiger partial charge is 0.391 e. The van der Waals surface area contributed by atoms with Crippen molar-refractivity contribution in [1.82, 2.24) is 4.98 Å². The molecule has 0 saturated heterocycles. The maximum absolute atomic E-state index is 9.29. The van der Waals surface area contributed by atoms with Crippen LogP contribution in [0.25, 0.3) is 0 Å². The molecule has 1 aromatic heterocycles. The molecule has 1 N–H and O–H groups in total. The van der Waals surface area contributed by atoms with Gasteiger partial charge in [0.25, 0.3) is 0 Å². The van der Waals surface area contributed by atoms with Crippen LogP contribution < -0.4 is 4.90 Å². The molecular formula is C12H22N2O2S. The van der Waals surface area contributed by atoms with Crippen molar-refractivity contribution in [2.24, 2.45) is 0 Å². The topological polar surface area (TPSA) is 45.6 Å². The van der Waals surface area contributed by atoms with Crippen LogP contribution in [0.15, 0.2) is 0 Å². The van der Waals surface area contributed by atoms with Crippen LogP contribution in [-0.4, -0.2) is 30.3 Å². The predicted octanol–water partition coefficient (Wildman–Crippen LogP) is 2.41. The molecule has 0 spiro atoms. The summed E-state index contributed by atoms with van der Waals surface area (Å²) in [7, 11) is 1.65. The van der Waals surface area contributed by atoms with Crippen molar-refractivity contribution < 1.29 is 9.84 Å². The van der Waals surface area contributed by atoms with Crippen LogP contribution in [0, 0.1) is 0 Å². The molecule has 1 aromatic rings. The summed E-state index contributed by atoms with van der Waals surface area (Å²) in [4.78, 5) is 7.72. The lowest BCUT2D eigenvalue weighted by atomic mass is 10.3. The normalized spacial score (nSPS) is 10.8. The monoisotopic (exact) mass is 258 g/mol. The summed E-state index contributed by atoms with van der Waals surface area (Å²) in [5.74, 6) is 0. The summed E-state index contributed by atoms with van der Waals surface area (Å²) in [6.45, 7) is 6.80.